The lowest BCUT2D eigenvalue weighted by Crippen LogP contribution is -2.36. The molecule has 3 rings (SSSR count). The zero-order valence-electron chi connectivity index (χ0n) is 17.1. The summed E-state index contributed by atoms with van der Waals surface area (Å²) in [5, 5.41) is 4.96. The van der Waals surface area contributed by atoms with Crippen molar-refractivity contribution in [3.8, 4) is 0 Å². The Morgan fingerprint density at radius 1 is 1.17 bits per heavy atom. The Morgan fingerprint density at radius 2 is 1.97 bits per heavy atom. The van der Waals surface area contributed by atoms with Gasteiger partial charge in [0.05, 0.1) is 19.3 Å². The number of fused-ring (bicyclic) bond motifs is 1. The molecule has 8 heteroatoms. The van der Waals surface area contributed by atoms with Crippen LogP contribution >= 0.6 is 0 Å². The Labute approximate surface area is 174 Å². The number of benzene rings is 2. The molecule has 8 nitrogen and oxygen atoms in total. The molecule has 0 spiro atoms. The number of anilines is 1. The van der Waals surface area contributed by atoms with E-state index in [4.69, 9.17) is 9.15 Å². The van der Waals surface area contributed by atoms with Gasteiger partial charge in [0, 0.05) is 25.1 Å². The van der Waals surface area contributed by atoms with Crippen molar-refractivity contribution in [3.05, 3.63) is 60.3 Å². The van der Waals surface area contributed by atoms with Gasteiger partial charge in [0.15, 0.2) is 5.69 Å². The summed E-state index contributed by atoms with van der Waals surface area (Å²) in [5.41, 5.74) is 0.784. The second-order valence-electron chi connectivity index (χ2n) is 6.55. The van der Waals surface area contributed by atoms with Crippen molar-refractivity contribution in [2.45, 2.75) is 19.9 Å². The molecular formula is C22H25N3O5. The minimum atomic E-state index is -0.590. The van der Waals surface area contributed by atoms with Crippen molar-refractivity contribution >= 4 is 28.5 Å². The summed E-state index contributed by atoms with van der Waals surface area (Å²) in [5.74, 6) is -0.340. The van der Waals surface area contributed by atoms with E-state index in [-0.39, 0.29) is 24.2 Å². The largest absolute Gasteiger partial charge is 0.464 e. The van der Waals surface area contributed by atoms with Gasteiger partial charge in [0.25, 0.3) is 0 Å². The summed E-state index contributed by atoms with van der Waals surface area (Å²) in [7, 11) is 1.27. The average molecular weight is 411 g/mol. The summed E-state index contributed by atoms with van der Waals surface area (Å²) in [6, 6.07) is 13.3. The molecule has 2 aromatic carbocycles. The third kappa shape index (κ3) is 5.36. The molecule has 3 aromatic rings. The van der Waals surface area contributed by atoms with Crippen molar-refractivity contribution in [3.63, 3.8) is 0 Å². The molecule has 0 saturated heterocycles. The van der Waals surface area contributed by atoms with Gasteiger partial charge in [-0.1, -0.05) is 36.4 Å². The van der Waals surface area contributed by atoms with Crippen LogP contribution in [-0.4, -0.2) is 48.8 Å². The van der Waals surface area contributed by atoms with Crippen molar-refractivity contribution in [2.24, 2.45) is 0 Å². The Balaban J connectivity index is 1.75. The maximum absolute atomic E-state index is 13.0. The number of carbonyl (C=O) groups is 2. The highest BCUT2D eigenvalue weighted by Crippen LogP contribution is 2.23. The zero-order chi connectivity index (χ0) is 21.3. The first-order valence-electron chi connectivity index (χ1n) is 9.76. The number of nitrogens with one attached hydrogen (secondary N) is 1. The Kier molecular flexibility index (Phi) is 7.40. The van der Waals surface area contributed by atoms with E-state index in [9.17, 15) is 9.59 Å². The number of nitrogens with zero attached hydrogens (tertiary/aromatic N) is 2. The van der Waals surface area contributed by atoms with Gasteiger partial charge < -0.3 is 24.1 Å². The Hall–Kier alpha value is -3.39. The first-order valence-corrected chi connectivity index (χ1v) is 9.76. The molecule has 1 N–H and O–H groups in total. The monoisotopic (exact) mass is 411 g/mol. The first kappa shape index (κ1) is 21.3. The maximum Gasteiger partial charge on any atom is 0.360 e. The molecule has 0 aliphatic heterocycles. The molecule has 0 saturated carbocycles. The van der Waals surface area contributed by atoms with Crippen molar-refractivity contribution in [1.82, 2.24) is 9.88 Å². The molecule has 0 radical (unpaired) electrons. The van der Waals surface area contributed by atoms with Gasteiger partial charge in [-0.2, -0.15) is 0 Å². The molecule has 30 heavy (non-hydrogen) atoms. The minimum Gasteiger partial charge on any atom is -0.464 e. The highest BCUT2D eigenvalue weighted by molar-refractivity contribution is 6.01. The van der Waals surface area contributed by atoms with Crippen LogP contribution in [0.15, 0.2) is 53.1 Å². The molecule has 0 bridgehead atoms. The highest BCUT2D eigenvalue weighted by atomic mass is 16.5. The quantitative estimate of drug-likeness (QED) is 0.421. The molecule has 1 heterocycles. The van der Waals surface area contributed by atoms with Gasteiger partial charge in [0.2, 0.25) is 5.89 Å². The molecule has 0 atom stereocenters. The standard InChI is InChI=1S/C22H25N3O5/c1-3-29-13-7-12-25(14-20-23-19(15-30-20)21(26)28-2)22(27)24-18-11-6-9-16-8-4-5-10-17(16)18/h4-6,8-11,15H,3,7,12-14H2,1-2H3,(H,24,27). The molecule has 0 unspecified atom stereocenters. The van der Waals surface area contributed by atoms with E-state index in [0.717, 1.165) is 16.5 Å². The second kappa shape index (κ2) is 10.4. The predicted octanol–water partition coefficient (Wildman–Crippen LogP) is 4.08. The van der Waals surface area contributed by atoms with Crippen LogP contribution in [0.5, 0.6) is 0 Å². The number of methoxy groups -OCH3 is 1. The number of aromatic nitrogens is 1. The number of hydrogen-bond acceptors (Lipinski definition) is 6. The van der Waals surface area contributed by atoms with Crippen molar-refractivity contribution in [2.75, 3.05) is 32.2 Å². The number of ether oxygens (including phenoxy) is 2. The number of esters is 1. The van der Waals surface area contributed by atoms with Gasteiger partial charge in [-0.05, 0) is 24.8 Å². The Bertz CT molecular complexity index is 996. The number of rotatable bonds is 9. The lowest BCUT2D eigenvalue weighted by atomic mass is 10.1. The molecule has 1 aromatic heterocycles. The topological polar surface area (TPSA) is 93.9 Å². The summed E-state index contributed by atoms with van der Waals surface area (Å²) < 4.78 is 15.4. The van der Waals surface area contributed by atoms with E-state index in [1.165, 1.54) is 13.4 Å². The number of hydrogen-bond donors (Lipinski definition) is 1. The fraction of sp³-hybridized carbons (Fsp3) is 0.318. The van der Waals surface area contributed by atoms with Crippen molar-refractivity contribution < 1.29 is 23.5 Å². The fourth-order valence-electron chi connectivity index (χ4n) is 3.03. The van der Waals surface area contributed by atoms with Crippen LogP contribution in [0.25, 0.3) is 10.8 Å². The van der Waals surface area contributed by atoms with Gasteiger partial charge in [0.1, 0.15) is 6.26 Å². The van der Waals surface area contributed by atoms with Crippen LogP contribution in [0.3, 0.4) is 0 Å². The van der Waals surface area contributed by atoms with Crippen LogP contribution < -0.4 is 5.32 Å². The smallest absolute Gasteiger partial charge is 0.360 e. The van der Waals surface area contributed by atoms with Gasteiger partial charge >= 0.3 is 12.0 Å². The average Bonchev–Trinajstić information content (AvgIpc) is 3.24. The fourth-order valence-corrected chi connectivity index (χ4v) is 3.03. The minimum absolute atomic E-state index is 0.0660. The lowest BCUT2D eigenvalue weighted by molar-refractivity contribution is 0.0594. The van der Waals surface area contributed by atoms with Crippen LogP contribution in [0.4, 0.5) is 10.5 Å². The summed E-state index contributed by atoms with van der Waals surface area (Å²) in [6.07, 6.45) is 1.88. The van der Waals surface area contributed by atoms with Crippen LogP contribution in [0, 0.1) is 0 Å². The van der Waals surface area contributed by atoms with Gasteiger partial charge in [-0.25, -0.2) is 14.6 Å². The summed E-state index contributed by atoms with van der Waals surface area (Å²) >= 11 is 0. The van der Waals surface area contributed by atoms with E-state index in [0.29, 0.717) is 26.2 Å². The highest BCUT2D eigenvalue weighted by Gasteiger charge is 2.19. The van der Waals surface area contributed by atoms with Crippen LogP contribution in [0.1, 0.15) is 29.7 Å². The van der Waals surface area contributed by atoms with E-state index < -0.39 is 5.97 Å². The number of urea groups is 1. The number of oxazole rings is 1. The van der Waals surface area contributed by atoms with Gasteiger partial charge in [-0.15, -0.1) is 0 Å². The van der Waals surface area contributed by atoms with E-state index >= 15 is 0 Å². The van der Waals surface area contributed by atoms with E-state index in [1.807, 2.05) is 49.4 Å². The molecular weight excluding hydrogens is 386 g/mol. The molecule has 2 amide bonds. The normalized spacial score (nSPS) is 10.7. The van der Waals surface area contributed by atoms with E-state index in [2.05, 4.69) is 15.0 Å². The summed E-state index contributed by atoms with van der Waals surface area (Å²) in [4.78, 5) is 30.3. The predicted molar refractivity (Wildman–Crippen MR) is 112 cm³/mol. The second-order valence-corrected chi connectivity index (χ2v) is 6.55. The van der Waals surface area contributed by atoms with Crippen LogP contribution in [0.2, 0.25) is 0 Å². The molecule has 0 fully saturated rings. The maximum atomic E-state index is 13.0. The number of amides is 2. The summed E-state index contributed by atoms with van der Waals surface area (Å²) in [6.45, 7) is 3.62. The molecule has 0 aliphatic rings. The zero-order valence-corrected chi connectivity index (χ0v) is 17.1. The molecule has 158 valence electrons. The first-order chi connectivity index (χ1) is 14.6. The number of carbonyl (C=O) groups excluding carboxylic acids is 2. The van der Waals surface area contributed by atoms with Crippen LogP contribution in [-0.2, 0) is 16.0 Å². The SMILES string of the molecule is CCOCCCN(Cc1nc(C(=O)OC)co1)C(=O)Nc1cccc2ccccc12. The third-order valence-corrected chi connectivity index (χ3v) is 4.51. The Morgan fingerprint density at radius 3 is 2.77 bits per heavy atom. The third-order valence-electron chi connectivity index (χ3n) is 4.51. The van der Waals surface area contributed by atoms with Crippen molar-refractivity contribution in [1.29, 1.82) is 0 Å². The van der Waals surface area contributed by atoms with Gasteiger partial charge in [-0.3, -0.25) is 0 Å². The lowest BCUT2D eigenvalue weighted by Gasteiger charge is -2.22. The molecule has 0 aliphatic carbocycles. The van der Waals surface area contributed by atoms with E-state index in [1.54, 1.807) is 4.90 Å².